The minimum absolute atomic E-state index is 0.0849. The van der Waals surface area contributed by atoms with Crippen molar-refractivity contribution in [3.63, 3.8) is 0 Å². The molecule has 2 aromatic rings. The third-order valence-corrected chi connectivity index (χ3v) is 3.01. The minimum Gasteiger partial charge on any atom is -0.404 e. The molecule has 7 heteroatoms. The lowest BCUT2D eigenvalue weighted by molar-refractivity contribution is -0.274. The largest absolute Gasteiger partial charge is 0.573 e. The van der Waals surface area contributed by atoms with E-state index in [-0.39, 0.29) is 12.1 Å². The smallest absolute Gasteiger partial charge is 0.404 e. The molecule has 122 valence electrons. The third kappa shape index (κ3) is 5.30. The molecule has 1 amide bonds. The van der Waals surface area contributed by atoms with Crippen molar-refractivity contribution in [2.75, 3.05) is 5.32 Å². The van der Waals surface area contributed by atoms with Crippen LogP contribution in [0.2, 0.25) is 0 Å². The van der Waals surface area contributed by atoms with Crippen molar-refractivity contribution >= 4 is 11.6 Å². The molecule has 4 nitrogen and oxygen atoms in total. The second-order valence-electron chi connectivity index (χ2n) is 4.83. The van der Waals surface area contributed by atoms with E-state index in [2.05, 4.69) is 10.1 Å². The molecule has 0 aliphatic rings. The van der Waals surface area contributed by atoms with Crippen molar-refractivity contribution < 1.29 is 22.7 Å². The Bertz CT molecular complexity index is 660. The maximum absolute atomic E-state index is 12.3. The van der Waals surface area contributed by atoms with Gasteiger partial charge in [0.15, 0.2) is 5.75 Å². The minimum atomic E-state index is -4.84. The van der Waals surface area contributed by atoms with Gasteiger partial charge in [0.25, 0.3) is 0 Å². The lowest BCUT2D eigenvalue weighted by atomic mass is 10.1. The highest BCUT2D eigenvalue weighted by molar-refractivity contribution is 5.96. The number of carbonyl (C=O) groups is 1. The first-order valence-corrected chi connectivity index (χ1v) is 6.80. The summed E-state index contributed by atoms with van der Waals surface area (Å²) in [5.41, 5.74) is 6.57. The Morgan fingerprint density at radius 3 is 2.35 bits per heavy atom. The van der Waals surface area contributed by atoms with E-state index in [0.717, 1.165) is 11.6 Å². The predicted octanol–water partition coefficient (Wildman–Crippen LogP) is 3.09. The van der Waals surface area contributed by atoms with Crippen LogP contribution in [0.25, 0.3) is 0 Å². The molecular formula is C16H15F3N2O2. The molecule has 0 spiro atoms. The van der Waals surface area contributed by atoms with Crippen LogP contribution in [0.1, 0.15) is 5.56 Å². The Morgan fingerprint density at radius 2 is 1.70 bits per heavy atom. The second-order valence-corrected chi connectivity index (χ2v) is 4.83. The van der Waals surface area contributed by atoms with Gasteiger partial charge in [-0.1, -0.05) is 42.5 Å². The van der Waals surface area contributed by atoms with Gasteiger partial charge in [-0.15, -0.1) is 13.2 Å². The molecule has 1 atom stereocenters. The van der Waals surface area contributed by atoms with Crippen LogP contribution in [-0.2, 0) is 11.2 Å². The molecule has 0 bridgehead atoms. The first kappa shape index (κ1) is 16.8. The molecule has 0 unspecified atom stereocenters. The van der Waals surface area contributed by atoms with Gasteiger partial charge in [0.2, 0.25) is 5.91 Å². The SMILES string of the molecule is N[C@@H](Cc1ccccc1)C(=O)Nc1ccccc1OC(F)(F)F. The molecule has 23 heavy (non-hydrogen) atoms. The Morgan fingerprint density at radius 1 is 1.09 bits per heavy atom. The molecule has 2 rings (SSSR count). The van der Waals surface area contributed by atoms with Gasteiger partial charge in [-0.3, -0.25) is 4.79 Å². The molecule has 2 aromatic carbocycles. The van der Waals surface area contributed by atoms with Crippen molar-refractivity contribution in [1.82, 2.24) is 0 Å². The summed E-state index contributed by atoms with van der Waals surface area (Å²) in [5.74, 6) is -1.08. The molecular weight excluding hydrogens is 309 g/mol. The molecule has 0 heterocycles. The van der Waals surface area contributed by atoms with Crippen LogP contribution in [0.5, 0.6) is 5.75 Å². The standard InChI is InChI=1S/C16H15F3N2O2/c17-16(18,19)23-14-9-5-4-8-13(14)21-15(22)12(20)10-11-6-2-1-3-7-11/h1-9,12H,10,20H2,(H,21,22)/t12-/m0/s1. The Labute approximate surface area is 131 Å². The van der Waals surface area contributed by atoms with E-state index in [1.54, 1.807) is 0 Å². The van der Waals surface area contributed by atoms with Gasteiger partial charge in [-0.05, 0) is 24.1 Å². The zero-order valence-electron chi connectivity index (χ0n) is 12.0. The summed E-state index contributed by atoms with van der Waals surface area (Å²) >= 11 is 0. The normalized spacial score (nSPS) is 12.5. The summed E-state index contributed by atoms with van der Waals surface area (Å²) < 4.78 is 40.9. The first-order chi connectivity index (χ1) is 10.8. The summed E-state index contributed by atoms with van der Waals surface area (Å²) in [4.78, 5) is 12.1. The Balaban J connectivity index is 2.05. The molecule has 0 aromatic heterocycles. The second kappa shape index (κ2) is 7.15. The van der Waals surface area contributed by atoms with E-state index in [1.807, 2.05) is 30.3 Å². The van der Waals surface area contributed by atoms with E-state index in [9.17, 15) is 18.0 Å². The number of para-hydroxylation sites is 2. The monoisotopic (exact) mass is 324 g/mol. The topological polar surface area (TPSA) is 64.4 Å². The van der Waals surface area contributed by atoms with Gasteiger partial charge in [-0.2, -0.15) is 0 Å². The van der Waals surface area contributed by atoms with E-state index in [0.29, 0.717) is 0 Å². The predicted molar refractivity (Wildman–Crippen MR) is 79.9 cm³/mol. The van der Waals surface area contributed by atoms with Crippen molar-refractivity contribution in [1.29, 1.82) is 0 Å². The fourth-order valence-corrected chi connectivity index (χ4v) is 1.97. The van der Waals surface area contributed by atoms with Gasteiger partial charge in [0, 0.05) is 0 Å². The number of halogens is 3. The number of amides is 1. The lowest BCUT2D eigenvalue weighted by Crippen LogP contribution is -2.37. The van der Waals surface area contributed by atoms with Crippen molar-refractivity contribution in [2.24, 2.45) is 5.73 Å². The van der Waals surface area contributed by atoms with E-state index in [4.69, 9.17) is 5.73 Å². The first-order valence-electron chi connectivity index (χ1n) is 6.80. The van der Waals surface area contributed by atoms with Gasteiger partial charge in [0.1, 0.15) is 0 Å². The average Bonchev–Trinajstić information content (AvgIpc) is 2.48. The van der Waals surface area contributed by atoms with E-state index in [1.165, 1.54) is 18.2 Å². The number of nitrogens with one attached hydrogen (secondary N) is 1. The summed E-state index contributed by atoms with van der Waals surface area (Å²) in [6, 6.07) is 13.5. The van der Waals surface area contributed by atoms with Crippen molar-refractivity contribution in [2.45, 2.75) is 18.8 Å². The van der Waals surface area contributed by atoms with Crippen molar-refractivity contribution in [3.8, 4) is 5.75 Å². The number of hydrogen-bond acceptors (Lipinski definition) is 3. The number of benzene rings is 2. The summed E-state index contributed by atoms with van der Waals surface area (Å²) in [5, 5.41) is 2.36. The maximum atomic E-state index is 12.3. The van der Waals surface area contributed by atoms with Gasteiger partial charge < -0.3 is 15.8 Å². The molecule has 0 aliphatic carbocycles. The number of alkyl halides is 3. The van der Waals surface area contributed by atoms with Crippen molar-refractivity contribution in [3.05, 3.63) is 60.2 Å². The van der Waals surface area contributed by atoms with Crippen LogP contribution in [0.3, 0.4) is 0 Å². The summed E-state index contributed by atoms with van der Waals surface area (Å²) in [6.45, 7) is 0. The highest BCUT2D eigenvalue weighted by Crippen LogP contribution is 2.29. The van der Waals surface area contributed by atoms with Crippen LogP contribution < -0.4 is 15.8 Å². The van der Waals surface area contributed by atoms with E-state index < -0.39 is 24.1 Å². The third-order valence-electron chi connectivity index (χ3n) is 3.01. The average molecular weight is 324 g/mol. The fraction of sp³-hybridized carbons (Fsp3) is 0.188. The van der Waals surface area contributed by atoms with Crippen LogP contribution in [-0.4, -0.2) is 18.3 Å². The molecule has 0 aliphatic heterocycles. The fourth-order valence-electron chi connectivity index (χ4n) is 1.97. The van der Waals surface area contributed by atoms with Gasteiger partial charge in [-0.25, -0.2) is 0 Å². The number of hydrogen-bond donors (Lipinski definition) is 2. The van der Waals surface area contributed by atoms with E-state index >= 15 is 0 Å². The molecule has 0 radical (unpaired) electrons. The highest BCUT2D eigenvalue weighted by atomic mass is 19.4. The lowest BCUT2D eigenvalue weighted by Gasteiger charge is -2.16. The van der Waals surface area contributed by atoms with Crippen LogP contribution in [0.4, 0.5) is 18.9 Å². The van der Waals surface area contributed by atoms with Gasteiger partial charge >= 0.3 is 6.36 Å². The maximum Gasteiger partial charge on any atom is 0.573 e. The highest BCUT2D eigenvalue weighted by Gasteiger charge is 2.32. The molecule has 3 N–H and O–H groups in total. The number of ether oxygens (including phenoxy) is 1. The molecule has 0 saturated carbocycles. The zero-order chi connectivity index (χ0) is 16.9. The van der Waals surface area contributed by atoms with Crippen LogP contribution in [0, 0.1) is 0 Å². The van der Waals surface area contributed by atoms with Gasteiger partial charge in [0.05, 0.1) is 11.7 Å². The Hall–Kier alpha value is -2.54. The van der Waals surface area contributed by atoms with Crippen LogP contribution >= 0.6 is 0 Å². The summed E-state index contributed by atoms with van der Waals surface area (Å²) in [7, 11) is 0. The number of nitrogens with two attached hydrogens (primary N) is 1. The molecule has 0 fully saturated rings. The number of carbonyl (C=O) groups excluding carboxylic acids is 1. The number of anilines is 1. The summed E-state index contributed by atoms with van der Waals surface area (Å²) in [6.07, 6.45) is -4.57. The molecule has 0 saturated heterocycles. The van der Waals surface area contributed by atoms with Crippen LogP contribution in [0.15, 0.2) is 54.6 Å². The quantitative estimate of drug-likeness (QED) is 0.888. The Kier molecular flexibility index (Phi) is 5.23. The zero-order valence-corrected chi connectivity index (χ0v) is 12.0. The number of rotatable bonds is 5.